The molecule has 0 aromatic heterocycles. The van der Waals surface area contributed by atoms with Crippen LogP contribution >= 0.6 is 0 Å². The van der Waals surface area contributed by atoms with E-state index in [9.17, 15) is 17.6 Å². The van der Waals surface area contributed by atoms with Gasteiger partial charge in [-0.25, -0.2) is 8.78 Å². The molecule has 4 bridgehead atoms. The molecule has 4 rings (SSSR count). The summed E-state index contributed by atoms with van der Waals surface area (Å²) in [5, 5.41) is 0. The van der Waals surface area contributed by atoms with Gasteiger partial charge in [0.2, 0.25) is 0 Å². The molecule has 0 spiro atoms. The number of hydrogen-bond acceptors (Lipinski definition) is 0. The van der Waals surface area contributed by atoms with Gasteiger partial charge in [0, 0.05) is 5.92 Å². The smallest absolute Gasteiger partial charge is 0.204 e. The molecule has 18 heavy (non-hydrogen) atoms. The maximum absolute atomic E-state index is 13.6. The fraction of sp³-hybridized carbons (Fsp3) is 0.857. The molecule has 0 heterocycles. The number of fused-ring (bicyclic) bond motifs is 9. The Morgan fingerprint density at radius 2 is 1.61 bits per heavy atom. The highest BCUT2D eigenvalue weighted by Crippen LogP contribution is 2.69. The summed E-state index contributed by atoms with van der Waals surface area (Å²) in [7, 11) is 0. The highest BCUT2D eigenvalue weighted by Gasteiger charge is 2.66. The summed E-state index contributed by atoms with van der Waals surface area (Å²) in [5.74, 6) is -3.00. The monoisotopic (exact) mass is 260 g/mol. The zero-order valence-corrected chi connectivity index (χ0v) is 9.91. The van der Waals surface area contributed by atoms with Crippen molar-refractivity contribution in [1.29, 1.82) is 0 Å². The average molecular weight is 260 g/mol. The molecule has 0 radical (unpaired) electrons. The van der Waals surface area contributed by atoms with Crippen molar-refractivity contribution in [2.45, 2.75) is 31.6 Å². The van der Waals surface area contributed by atoms with Crippen LogP contribution in [0.15, 0.2) is 12.2 Å². The van der Waals surface area contributed by atoms with Crippen molar-refractivity contribution in [2.75, 3.05) is 0 Å². The largest absolute Gasteiger partial charge is 0.310 e. The van der Waals surface area contributed by atoms with E-state index >= 15 is 0 Å². The van der Waals surface area contributed by atoms with Crippen molar-refractivity contribution < 1.29 is 17.6 Å². The molecule has 7 unspecified atom stereocenters. The first-order valence-corrected chi connectivity index (χ1v) is 6.84. The normalized spacial score (nSPS) is 52.6. The minimum Gasteiger partial charge on any atom is -0.204 e. The molecule has 0 aromatic carbocycles. The quantitative estimate of drug-likeness (QED) is 0.400. The molecule has 0 N–H and O–H groups in total. The zero-order valence-electron chi connectivity index (χ0n) is 9.91. The molecular formula is C14H16F4. The van der Waals surface area contributed by atoms with Gasteiger partial charge in [-0.2, -0.15) is 8.78 Å². The second kappa shape index (κ2) is 3.31. The van der Waals surface area contributed by atoms with Crippen molar-refractivity contribution in [3.05, 3.63) is 12.2 Å². The van der Waals surface area contributed by atoms with Crippen LogP contribution in [0.2, 0.25) is 0 Å². The Bertz CT molecular complexity index is 403. The predicted octanol–water partition coefficient (Wildman–Crippen LogP) is 3.98. The van der Waals surface area contributed by atoms with E-state index in [0.717, 1.165) is 12.8 Å². The van der Waals surface area contributed by atoms with Crippen molar-refractivity contribution in [1.82, 2.24) is 0 Å². The minimum atomic E-state index is -3.78. The number of alkyl halides is 4. The first-order chi connectivity index (χ1) is 8.50. The van der Waals surface area contributed by atoms with Crippen molar-refractivity contribution in [3.8, 4) is 0 Å². The zero-order chi connectivity index (χ0) is 12.7. The lowest BCUT2D eigenvalue weighted by Gasteiger charge is -2.39. The van der Waals surface area contributed by atoms with Crippen LogP contribution in [0.4, 0.5) is 17.6 Å². The van der Waals surface area contributed by atoms with Gasteiger partial charge in [-0.15, -0.1) is 0 Å². The molecule has 7 atom stereocenters. The van der Waals surface area contributed by atoms with Gasteiger partial charge in [-0.05, 0) is 54.8 Å². The van der Waals surface area contributed by atoms with Gasteiger partial charge >= 0.3 is 12.3 Å². The third-order valence-corrected chi connectivity index (χ3v) is 6.06. The molecule has 0 amide bonds. The Balaban J connectivity index is 1.64. The average Bonchev–Trinajstić information content (AvgIpc) is 3.06. The van der Waals surface area contributed by atoms with E-state index in [1.807, 2.05) is 0 Å². The highest BCUT2D eigenvalue weighted by atomic mass is 19.3. The Hall–Kier alpha value is -0.540. The topological polar surface area (TPSA) is 0 Å². The van der Waals surface area contributed by atoms with Gasteiger partial charge in [-0.1, -0.05) is 12.2 Å². The third-order valence-electron chi connectivity index (χ3n) is 6.06. The van der Waals surface area contributed by atoms with E-state index in [1.165, 1.54) is 0 Å². The lowest BCUT2D eigenvalue weighted by molar-refractivity contribution is -0.183. The summed E-state index contributed by atoms with van der Waals surface area (Å²) in [6.07, 6.45) is 3.03. The van der Waals surface area contributed by atoms with E-state index in [4.69, 9.17) is 0 Å². The van der Waals surface area contributed by atoms with Gasteiger partial charge in [0.25, 0.3) is 0 Å². The summed E-state index contributed by atoms with van der Waals surface area (Å²) < 4.78 is 52.4. The Morgan fingerprint density at radius 1 is 0.944 bits per heavy atom. The van der Waals surface area contributed by atoms with Crippen LogP contribution in [0.5, 0.6) is 0 Å². The van der Waals surface area contributed by atoms with Gasteiger partial charge in [0.1, 0.15) is 0 Å². The fourth-order valence-electron chi connectivity index (χ4n) is 5.62. The second-order valence-electron chi connectivity index (χ2n) is 6.58. The van der Waals surface area contributed by atoms with Crippen molar-refractivity contribution in [2.24, 2.45) is 41.4 Å². The first kappa shape index (κ1) is 11.3. The molecule has 0 aromatic rings. The summed E-state index contributed by atoms with van der Waals surface area (Å²) in [6.45, 7) is 0. The highest BCUT2D eigenvalue weighted by molar-refractivity contribution is 5.21. The predicted molar refractivity (Wildman–Crippen MR) is 58.4 cm³/mol. The molecule has 0 aliphatic heterocycles. The number of halogens is 4. The molecule has 3 fully saturated rings. The van der Waals surface area contributed by atoms with E-state index < -0.39 is 18.3 Å². The van der Waals surface area contributed by atoms with Gasteiger partial charge < -0.3 is 0 Å². The molecule has 4 aliphatic carbocycles. The van der Waals surface area contributed by atoms with E-state index in [2.05, 4.69) is 12.2 Å². The lowest BCUT2D eigenvalue weighted by atomic mass is 9.68. The summed E-state index contributed by atoms with van der Waals surface area (Å²) in [5.41, 5.74) is 0. The molecule has 4 aliphatic rings. The van der Waals surface area contributed by atoms with Crippen LogP contribution in [0.1, 0.15) is 19.3 Å². The minimum absolute atomic E-state index is 0.163. The third kappa shape index (κ3) is 1.17. The van der Waals surface area contributed by atoms with E-state index in [0.29, 0.717) is 24.2 Å². The van der Waals surface area contributed by atoms with Crippen LogP contribution in [-0.4, -0.2) is 12.3 Å². The maximum Gasteiger partial charge on any atom is 0.310 e. The van der Waals surface area contributed by atoms with Crippen LogP contribution in [0.25, 0.3) is 0 Å². The Labute approximate surface area is 103 Å². The number of rotatable bonds is 2. The molecule has 0 nitrogen and oxygen atoms in total. The van der Waals surface area contributed by atoms with Gasteiger partial charge in [-0.3, -0.25) is 0 Å². The SMILES string of the molecule is FC(F)C(F)(F)C1CC2CC1C1C3C=CC(C3)C21. The number of hydrogen-bond donors (Lipinski definition) is 0. The second-order valence-corrected chi connectivity index (χ2v) is 6.58. The maximum atomic E-state index is 13.6. The standard InChI is InChI=1S/C14H16F4/c15-13(16)14(17,18)10-5-8-4-9(10)12-7-2-1-6(3-7)11(8)12/h1-2,6-13H,3-5H2. The summed E-state index contributed by atoms with van der Waals surface area (Å²) >= 11 is 0. The molecule has 0 saturated heterocycles. The van der Waals surface area contributed by atoms with Crippen molar-refractivity contribution >= 4 is 0 Å². The van der Waals surface area contributed by atoms with E-state index in [1.54, 1.807) is 0 Å². The van der Waals surface area contributed by atoms with E-state index in [-0.39, 0.29) is 17.8 Å². The van der Waals surface area contributed by atoms with Crippen LogP contribution < -0.4 is 0 Å². The molecular weight excluding hydrogens is 244 g/mol. The molecule has 3 saturated carbocycles. The van der Waals surface area contributed by atoms with Crippen molar-refractivity contribution in [3.63, 3.8) is 0 Å². The fourth-order valence-corrected chi connectivity index (χ4v) is 5.62. The van der Waals surface area contributed by atoms with Gasteiger partial charge in [0.05, 0.1) is 0 Å². The summed E-state index contributed by atoms with van der Waals surface area (Å²) in [4.78, 5) is 0. The van der Waals surface area contributed by atoms with Gasteiger partial charge in [0.15, 0.2) is 0 Å². The molecule has 4 heteroatoms. The lowest BCUT2D eigenvalue weighted by Crippen LogP contribution is -2.43. The first-order valence-electron chi connectivity index (χ1n) is 6.84. The Kier molecular flexibility index (Phi) is 2.08. The molecule has 100 valence electrons. The van der Waals surface area contributed by atoms with Crippen LogP contribution in [0, 0.1) is 41.4 Å². The number of allylic oxidation sites excluding steroid dienone is 2. The summed E-state index contributed by atoms with van der Waals surface area (Å²) in [6, 6.07) is 0. The Morgan fingerprint density at radius 3 is 2.28 bits per heavy atom. The van der Waals surface area contributed by atoms with Crippen LogP contribution in [0.3, 0.4) is 0 Å². The van der Waals surface area contributed by atoms with Crippen LogP contribution in [-0.2, 0) is 0 Å².